The first kappa shape index (κ1) is 32.7. The summed E-state index contributed by atoms with van der Waals surface area (Å²) in [7, 11) is -4.21. The number of anilines is 1. The van der Waals surface area contributed by atoms with Crippen LogP contribution in [-0.2, 0) is 26.2 Å². The fourth-order valence-corrected chi connectivity index (χ4v) is 6.07. The van der Waals surface area contributed by atoms with Gasteiger partial charge in [0.05, 0.1) is 20.6 Å². The molecule has 0 unspecified atom stereocenters. The average Bonchev–Trinajstić information content (AvgIpc) is 2.88. The molecule has 0 aromatic heterocycles. The Labute approximate surface area is 257 Å². The Morgan fingerprint density at radius 1 is 0.902 bits per heavy atom. The molecule has 3 rings (SSSR count). The molecule has 11 heteroatoms. The summed E-state index contributed by atoms with van der Waals surface area (Å²) >= 11 is 18.7. The van der Waals surface area contributed by atoms with Crippen molar-refractivity contribution in [3.8, 4) is 0 Å². The van der Waals surface area contributed by atoms with Gasteiger partial charge in [0.15, 0.2) is 0 Å². The van der Waals surface area contributed by atoms with E-state index >= 15 is 0 Å². The Hall–Kier alpha value is -2.78. The fraction of sp³-hybridized carbons (Fsp3) is 0.333. The molecule has 0 fully saturated rings. The molecule has 0 aliphatic heterocycles. The number of halogens is 3. The van der Waals surface area contributed by atoms with Crippen molar-refractivity contribution in [1.29, 1.82) is 0 Å². The molecule has 0 aliphatic carbocycles. The van der Waals surface area contributed by atoms with Crippen molar-refractivity contribution in [2.75, 3.05) is 10.8 Å². The summed E-state index contributed by atoms with van der Waals surface area (Å²) in [4.78, 5) is 28.6. The molecule has 1 atom stereocenters. The summed E-state index contributed by atoms with van der Waals surface area (Å²) in [5.74, 6) is -0.986. The third-order valence-corrected chi connectivity index (χ3v) is 9.32. The second-order valence-corrected chi connectivity index (χ2v) is 14.0. The molecule has 0 saturated heterocycles. The van der Waals surface area contributed by atoms with Crippen molar-refractivity contribution in [3.05, 3.63) is 92.4 Å². The molecular weight excluding hydrogens is 605 g/mol. The highest BCUT2D eigenvalue weighted by molar-refractivity contribution is 7.92. The van der Waals surface area contributed by atoms with Gasteiger partial charge in [-0.1, -0.05) is 64.6 Å². The van der Waals surface area contributed by atoms with Gasteiger partial charge in [-0.25, -0.2) is 8.42 Å². The molecule has 3 aromatic carbocycles. The van der Waals surface area contributed by atoms with E-state index in [9.17, 15) is 18.0 Å². The van der Waals surface area contributed by atoms with Crippen LogP contribution in [0.4, 0.5) is 5.69 Å². The lowest BCUT2D eigenvalue weighted by atomic mass is 10.1. The molecule has 3 aromatic rings. The molecule has 2 amide bonds. The second-order valence-electron chi connectivity index (χ2n) is 10.9. The van der Waals surface area contributed by atoms with Gasteiger partial charge in [0.1, 0.15) is 12.6 Å². The number of benzene rings is 3. The Morgan fingerprint density at radius 2 is 1.54 bits per heavy atom. The van der Waals surface area contributed by atoms with Crippen LogP contribution in [0.25, 0.3) is 0 Å². The monoisotopic (exact) mass is 637 g/mol. The predicted molar refractivity (Wildman–Crippen MR) is 166 cm³/mol. The molecule has 1 N–H and O–H groups in total. The van der Waals surface area contributed by atoms with Gasteiger partial charge >= 0.3 is 0 Å². The van der Waals surface area contributed by atoms with Gasteiger partial charge in [-0.15, -0.1) is 0 Å². The highest BCUT2D eigenvalue weighted by Gasteiger charge is 2.34. The van der Waals surface area contributed by atoms with E-state index in [1.807, 2.05) is 27.7 Å². The third kappa shape index (κ3) is 8.16. The van der Waals surface area contributed by atoms with Crippen molar-refractivity contribution < 1.29 is 18.0 Å². The number of hydrogen-bond donors (Lipinski definition) is 1. The topological polar surface area (TPSA) is 86.8 Å². The van der Waals surface area contributed by atoms with E-state index in [1.54, 1.807) is 62.4 Å². The summed E-state index contributed by atoms with van der Waals surface area (Å²) in [6.07, 6.45) is 0. The quantitative estimate of drug-likeness (QED) is 0.280. The molecule has 220 valence electrons. The highest BCUT2D eigenvalue weighted by atomic mass is 35.5. The third-order valence-electron chi connectivity index (χ3n) is 6.40. The average molecular weight is 639 g/mol. The molecule has 0 aliphatic rings. The van der Waals surface area contributed by atoms with Crippen molar-refractivity contribution in [1.82, 2.24) is 10.2 Å². The van der Waals surface area contributed by atoms with E-state index in [0.29, 0.717) is 26.2 Å². The first-order valence-corrected chi connectivity index (χ1v) is 15.5. The van der Waals surface area contributed by atoms with E-state index in [0.717, 1.165) is 9.87 Å². The number of carbonyl (C=O) groups is 2. The van der Waals surface area contributed by atoms with E-state index in [1.165, 1.54) is 17.0 Å². The number of carbonyl (C=O) groups excluding carboxylic acids is 2. The normalized spacial score (nSPS) is 12.5. The summed E-state index contributed by atoms with van der Waals surface area (Å²) in [5.41, 5.74) is 1.70. The first-order valence-electron chi connectivity index (χ1n) is 12.9. The Kier molecular flexibility index (Phi) is 10.4. The number of hydrogen-bond acceptors (Lipinski definition) is 4. The Bertz CT molecular complexity index is 1540. The molecule has 0 bridgehead atoms. The molecule has 0 heterocycles. The predicted octanol–water partition coefficient (Wildman–Crippen LogP) is 6.79. The van der Waals surface area contributed by atoms with Crippen molar-refractivity contribution in [2.45, 2.75) is 64.6 Å². The number of amides is 2. The lowest BCUT2D eigenvalue weighted by molar-refractivity contribution is -0.140. The summed E-state index contributed by atoms with van der Waals surface area (Å²) < 4.78 is 29.0. The molecule has 7 nitrogen and oxygen atoms in total. The maximum absolute atomic E-state index is 14.1. The lowest BCUT2D eigenvalue weighted by Gasteiger charge is -2.34. The lowest BCUT2D eigenvalue weighted by Crippen LogP contribution is -2.54. The zero-order valence-electron chi connectivity index (χ0n) is 23.8. The van der Waals surface area contributed by atoms with Gasteiger partial charge < -0.3 is 10.2 Å². The molecule has 0 spiro atoms. The SMILES string of the molecule is Cc1ccc(S(=O)(=O)N(CC(=O)N(Cc2ccc(Cl)c(Cl)c2)[C@H](C)C(=O)NC(C)(C)C)c2cccc(Cl)c2C)cc1. The zero-order valence-corrected chi connectivity index (χ0v) is 26.9. The van der Waals surface area contributed by atoms with Gasteiger partial charge in [-0.3, -0.25) is 13.9 Å². The molecule has 41 heavy (non-hydrogen) atoms. The second kappa shape index (κ2) is 13.0. The van der Waals surface area contributed by atoms with Crippen LogP contribution >= 0.6 is 34.8 Å². The number of rotatable bonds is 9. The van der Waals surface area contributed by atoms with Crippen molar-refractivity contribution >= 4 is 62.3 Å². The van der Waals surface area contributed by atoms with Crippen molar-refractivity contribution in [2.24, 2.45) is 0 Å². The number of nitrogens with zero attached hydrogens (tertiary/aromatic N) is 2. The van der Waals surface area contributed by atoms with Crippen LogP contribution in [0, 0.1) is 13.8 Å². The van der Waals surface area contributed by atoms with Crippen LogP contribution in [0.3, 0.4) is 0 Å². The molecule has 0 saturated carbocycles. The standard InChI is InChI=1S/C30H34Cl3N3O4S/c1-19-10-13-23(14-11-19)41(39,40)36(27-9-7-8-24(31)20(27)2)18-28(37)35(21(3)29(38)34-30(4,5)6)17-22-12-15-25(32)26(33)16-22/h7-16,21H,17-18H2,1-6H3,(H,34,38)/t21-/m1/s1. The largest absolute Gasteiger partial charge is 0.350 e. The van der Waals surface area contributed by atoms with Crippen LogP contribution in [0.2, 0.25) is 15.1 Å². The van der Waals surface area contributed by atoms with E-state index in [-0.39, 0.29) is 17.1 Å². The molecular formula is C30H34Cl3N3O4S. The summed E-state index contributed by atoms with van der Waals surface area (Å²) in [5, 5.41) is 3.88. The smallest absolute Gasteiger partial charge is 0.264 e. The minimum Gasteiger partial charge on any atom is -0.350 e. The van der Waals surface area contributed by atoms with Gasteiger partial charge in [0.25, 0.3) is 10.0 Å². The van der Waals surface area contributed by atoms with Crippen LogP contribution in [0.5, 0.6) is 0 Å². The maximum atomic E-state index is 14.1. The Balaban J connectivity index is 2.10. The maximum Gasteiger partial charge on any atom is 0.264 e. The van der Waals surface area contributed by atoms with Crippen LogP contribution < -0.4 is 9.62 Å². The first-order chi connectivity index (χ1) is 19.0. The van der Waals surface area contributed by atoms with Crippen LogP contribution in [0.15, 0.2) is 65.6 Å². The van der Waals surface area contributed by atoms with Crippen LogP contribution in [0.1, 0.15) is 44.4 Å². The van der Waals surface area contributed by atoms with E-state index < -0.39 is 40.0 Å². The number of aryl methyl sites for hydroxylation is 1. The number of nitrogens with one attached hydrogen (secondary N) is 1. The summed E-state index contributed by atoms with van der Waals surface area (Å²) in [6, 6.07) is 15.2. The van der Waals surface area contributed by atoms with E-state index in [4.69, 9.17) is 34.8 Å². The highest BCUT2D eigenvalue weighted by Crippen LogP contribution is 2.31. The molecule has 0 radical (unpaired) electrons. The minimum atomic E-state index is -4.21. The van der Waals surface area contributed by atoms with E-state index in [2.05, 4.69) is 5.32 Å². The summed E-state index contributed by atoms with van der Waals surface area (Å²) in [6.45, 7) is 10.0. The fourth-order valence-electron chi connectivity index (χ4n) is 4.11. The van der Waals surface area contributed by atoms with Gasteiger partial charge in [-0.2, -0.15) is 0 Å². The zero-order chi connectivity index (χ0) is 30.7. The van der Waals surface area contributed by atoms with Crippen LogP contribution in [-0.4, -0.2) is 43.3 Å². The van der Waals surface area contributed by atoms with Gasteiger partial charge in [-0.05, 0) is 89.1 Å². The van der Waals surface area contributed by atoms with Gasteiger partial charge in [0.2, 0.25) is 11.8 Å². The number of sulfonamides is 1. The Morgan fingerprint density at radius 3 is 2.12 bits per heavy atom. The van der Waals surface area contributed by atoms with Crippen molar-refractivity contribution in [3.63, 3.8) is 0 Å². The van der Waals surface area contributed by atoms with Gasteiger partial charge in [0, 0.05) is 17.1 Å². The minimum absolute atomic E-state index is 0.0125.